The second-order valence-electron chi connectivity index (χ2n) is 6.80. The van der Waals surface area contributed by atoms with Crippen LogP contribution in [0.15, 0.2) is 77.7 Å². The molecule has 10 heteroatoms. The van der Waals surface area contributed by atoms with Gasteiger partial charge in [0.15, 0.2) is 0 Å². The van der Waals surface area contributed by atoms with Gasteiger partial charge in [-0.2, -0.15) is 0 Å². The van der Waals surface area contributed by atoms with Gasteiger partial charge < -0.3 is 10.2 Å². The maximum Gasteiger partial charge on any atom is 0.261 e. The smallest absolute Gasteiger partial charge is 0.261 e. The lowest BCUT2D eigenvalue weighted by Crippen LogP contribution is -2.35. The third-order valence-electron chi connectivity index (χ3n) is 4.41. The number of likely N-dealkylation sites (N-methyl/N-ethyl adjacent to an activating group) is 1. The number of halogens is 2. The van der Waals surface area contributed by atoms with Gasteiger partial charge >= 0.3 is 0 Å². The topological polar surface area (TPSA) is 95.6 Å². The van der Waals surface area contributed by atoms with Crippen molar-refractivity contribution < 1.29 is 22.4 Å². The van der Waals surface area contributed by atoms with E-state index in [2.05, 4.69) is 10.0 Å². The van der Waals surface area contributed by atoms with Crippen molar-refractivity contribution in [3.8, 4) is 0 Å². The molecule has 0 saturated carbocycles. The van der Waals surface area contributed by atoms with E-state index in [1.807, 2.05) is 0 Å². The molecule has 166 valence electrons. The monoisotopic (exact) mass is 475 g/mol. The van der Waals surface area contributed by atoms with Crippen molar-refractivity contribution in [1.29, 1.82) is 0 Å². The zero-order valence-corrected chi connectivity index (χ0v) is 18.5. The van der Waals surface area contributed by atoms with Crippen LogP contribution < -0.4 is 10.0 Å². The summed E-state index contributed by atoms with van der Waals surface area (Å²) in [4.78, 5) is 25.9. The fourth-order valence-corrected chi connectivity index (χ4v) is 4.03. The fraction of sp³-hybridized carbons (Fsp3) is 0.0909. The van der Waals surface area contributed by atoms with E-state index in [0.717, 1.165) is 6.07 Å². The maximum absolute atomic E-state index is 13.7. The molecule has 0 saturated heterocycles. The van der Waals surface area contributed by atoms with Crippen LogP contribution >= 0.6 is 11.6 Å². The van der Waals surface area contributed by atoms with Gasteiger partial charge in [0.2, 0.25) is 5.91 Å². The Morgan fingerprint density at radius 3 is 2.16 bits per heavy atom. The molecule has 0 aromatic heterocycles. The van der Waals surface area contributed by atoms with Crippen molar-refractivity contribution in [3.63, 3.8) is 0 Å². The molecule has 0 bridgehead atoms. The summed E-state index contributed by atoms with van der Waals surface area (Å²) >= 11 is 6.00. The number of hydrogen-bond donors (Lipinski definition) is 2. The van der Waals surface area contributed by atoms with Crippen molar-refractivity contribution in [1.82, 2.24) is 4.90 Å². The van der Waals surface area contributed by atoms with E-state index in [1.54, 1.807) is 24.3 Å². The van der Waals surface area contributed by atoms with E-state index in [9.17, 15) is 22.4 Å². The summed E-state index contributed by atoms with van der Waals surface area (Å²) in [6.45, 7) is -0.237. The van der Waals surface area contributed by atoms with Crippen LogP contribution in [0.1, 0.15) is 10.4 Å². The van der Waals surface area contributed by atoms with Gasteiger partial charge in [0.25, 0.3) is 15.9 Å². The SMILES string of the molecule is CN(CC(=O)Nc1ccccc1Cl)C(=O)c1ccc(S(=O)(=O)Nc2ccccc2F)cc1. The molecular formula is C22H19ClFN3O4S. The maximum atomic E-state index is 13.7. The molecule has 3 aromatic carbocycles. The lowest BCUT2D eigenvalue weighted by atomic mass is 10.2. The van der Waals surface area contributed by atoms with Gasteiger partial charge in [0.05, 0.1) is 27.8 Å². The van der Waals surface area contributed by atoms with Gasteiger partial charge in [-0.25, -0.2) is 12.8 Å². The Kier molecular flexibility index (Phi) is 7.12. The molecule has 0 heterocycles. The van der Waals surface area contributed by atoms with Crippen molar-refractivity contribution in [2.24, 2.45) is 0 Å². The molecule has 0 atom stereocenters. The van der Waals surface area contributed by atoms with Crippen molar-refractivity contribution >= 4 is 44.8 Å². The van der Waals surface area contributed by atoms with Crippen molar-refractivity contribution in [3.05, 3.63) is 89.2 Å². The van der Waals surface area contributed by atoms with E-state index in [0.29, 0.717) is 10.7 Å². The number of nitrogens with zero attached hydrogens (tertiary/aromatic N) is 1. The average Bonchev–Trinajstić information content (AvgIpc) is 2.76. The Labute approximate surface area is 189 Å². The van der Waals surface area contributed by atoms with Gasteiger partial charge in [-0.15, -0.1) is 0 Å². The lowest BCUT2D eigenvalue weighted by molar-refractivity contribution is -0.116. The highest BCUT2D eigenvalue weighted by Crippen LogP contribution is 2.21. The predicted octanol–water partition coefficient (Wildman–Crippen LogP) is 3.99. The molecule has 0 aliphatic heterocycles. The number of anilines is 2. The van der Waals surface area contributed by atoms with Crippen LogP contribution in [0.25, 0.3) is 0 Å². The molecule has 3 aromatic rings. The van der Waals surface area contributed by atoms with E-state index in [4.69, 9.17) is 11.6 Å². The van der Waals surface area contributed by atoms with Gasteiger partial charge in [0, 0.05) is 12.6 Å². The number of hydrogen-bond acceptors (Lipinski definition) is 4. The van der Waals surface area contributed by atoms with E-state index in [-0.39, 0.29) is 22.7 Å². The Morgan fingerprint density at radius 2 is 1.53 bits per heavy atom. The van der Waals surface area contributed by atoms with E-state index >= 15 is 0 Å². The van der Waals surface area contributed by atoms with Gasteiger partial charge in [-0.3, -0.25) is 14.3 Å². The summed E-state index contributed by atoms with van der Waals surface area (Å²) in [7, 11) is -2.60. The minimum Gasteiger partial charge on any atom is -0.332 e. The molecule has 0 aliphatic carbocycles. The first kappa shape index (κ1) is 23.2. The summed E-state index contributed by atoms with van der Waals surface area (Å²) < 4.78 is 40.9. The average molecular weight is 476 g/mol. The summed E-state index contributed by atoms with van der Waals surface area (Å²) in [6.07, 6.45) is 0. The number of amides is 2. The van der Waals surface area contributed by atoms with Crippen LogP contribution in [-0.4, -0.2) is 38.7 Å². The minimum atomic E-state index is -4.05. The highest BCUT2D eigenvalue weighted by Gasteiger charge is 2.19. The Bertz CT molecular complexity index is 1250. The molecule has 3 rings (SSSR count). The first-order valence-electron chi connectivity index (χ1n) is 9.34. The van der Waals surface area contributed by atoms with E-state index in [1.165, 1.54) is 54.4 Å². The Morgan fingerprint density at radius 1 is 0.938 bits per heavy atom. The second-order valence-corrected chi connectivity index (χ2v) is 8.89. The molecule has 2 amide bonds. The van der Waals surface area contributed by atoms with Crippen LogP contribution in [0.3, 0.4) is 0 Å². The third kappa shape index (κ3) is 5.63. The largest absolute Gasteiger partial charge is 0.332 e. The third-order valence-corrected chi connectivity index (χ3v) is 6.12. The van der Waals surface area contributed by atoms with Crippen LogP contribution in [0.5, 0.6) is 0 Å². The molecule has 0 aliphatic rings. The van der Waals surface area contributed by atoms with E-state index < -0.39 is 27.7 Å². The zero-order chi connectivity index (χ0) is 23.3. The predicted molar refractivity (Wildman–Crippen MR) is 121 cm³/mol. The summed E-state index contributed by atoms with van der Waals surface area (Å²) in [5.41, 5.74) is 0.428. The number of rotatable bonds is 7. The summed E-state index contributed by atoms with van der Waals surface area (Å²) in [6, 6.07) is 17.2. The number of sulfonamides is 1. The molecule has 0 fully saturated rings. The van der Waals surface area contributed by atoms with Crippen molar-refractivity contribution in [2.75, 3.05) is 23.6 Å². The zero-order valence-electron chi connectivity index (χ0n) is 16.9. The van der Waals surface area contributed by atoms with Crippen molar-refractivity contribution in [2.45, 2.75) is 4.90 Å². The molecule has 7 nitrogen and oxygen atoms in total. The number of benzene rings is 3. The van der Waals surface area contributed by atoms with Gasteiger partial charge in [-0.05, 0) is 48.5 Å². The Hall–Kier alpha value is -3.43. The molecular weight excluding hydrogens is 457 g/mol. The standard InChI is InChI=1S/C22H19ClFN3O4S/c1-27(14-21(28)25-19-8-4-2-6-17(19)23)22(29)15-10-12-16(13-11-15)32(30,31)26-20-9-5-3-7-18(20)24/h2-13,26H,14H2,1H3,(H,25,28). The molecule has 2 N–H and O–H groups in total. The number of carbonyl (C=O) groups excluding carboxylic acids is 2. The number of para-hydroxylation sites is 2. The highest BCUT2D eigenvalue weighted by molar-refractivity contribution is 7.92. The quantitative estimate of drug-likeness (QED) is 0.540. The summed E-state index contributed by atoms with van der Waals surface area (Å²) in [5.74, 6) is -1.63. The highest BCUT2D eigenvalue weighted by atomic mass is 35.5. The van der Waals surface area contributed by atoms with Crippen LogP contribution in [0.4, 0.5) is 15.8 Å². The summed E-state index contributed by atoms with van der Waals surface area (Å²) in [5, 5.41) is 2.99. The molecule has 32 heavy (non-hydrogen) atoms. The molecule has 0 radical (unpaired) electrons. The first-order chi connectivity index (χ1) is 15.2. The van der Waals surface area contributed by atoms with Gasteiger partial charge in [0.1, 0.15) is 5.82 Å². The lowest BCUT2D eigenvalue weighted by Gasteiger charge is -2.17. The number of nitrogens with one attached hydrogen (secondary N) is 2. The molecule has 0 unspecified atom stereocenters. The minimum absolute atomic E-state index is 0.142. The van der Waals surface area contributed by atoms with Crippen LogP contribution in [-0.2, 0) is 14.8 Å². The van der Waals surface area contributed by atoms with Crippen LogP contribution in [0.2, 0.25) is 5.02 Å². The van der Waals surface area contributed by atoms with Crippen LogP contribution in [0, 0.1) is 5.82 Å². The normalized spacial score (nSPS) is 11.0. The number of carbonyl (C=O) groups is 2. The fourth-order valence-electron chi connectivity index (χ4n) is 2.78. The Balaban J connectivity index is 1.65. The molecule has 0 spiro atoms. The van der Waals surface area contributed by atoms with Gasteiger partial charge in [-0.1, -0.05) is 35.9 Å². The first-order valence-corrected chi connectivity index (χ1v) is 11.2. The second kappa shape index (κ2) is 9.80.